The van der Waals surface area contributed by atoms with Gasteiger partial charge in [-0.25, -0.2) is 0 Å². The summed E-state index contributed by atoms with van der Waals surface area (Å²) in [7, 11) is 1.71. The van der Waals surface area contributed by atoms with Crippen molar-refractivity contribution in [2.24, 2.45) is 5.92 Å². The predicted molar refractivity (Wildman–Crippen MR) is 107 cm³/mol. The molecule has 1 aromatic carbocycles. The molecule has 0 aliphatic carbocycles. The first-order valence-corrected chi connectivity index (χ1v) is 9.30. The van der Waals surface area contributed by atoms with Gasteiger partial charge in [-0.15, -0.1) is 0 Å². The Morgan fingerprint density at radius 3 is 2.17 bits per heavy atom. The Morgan fingerprint density at radius 1 is 1.04 bits per heavy atom. The largest absolute Gasteiger partial charge is 0.496 e. The lowest BCUT2D eigenvalue weighted by Gasteiger charge is -2.10. The first-order valence-electron chi connectivity index (χ1n) is 9.30. The Morgan fingerprint density at radius 2 is 1.67 bits per heavy atom. The molecular weight excluding hydrogens is 296 g/mol. The molecule has 0 amide bonds. The number of ether oxygens (including phenoxy) is 1. The van der Waals surface area contributed by atoms with Crippen LogP contribution in [0.1, 0.15) is 84.3 Å². The molecule has 1 aromatic rings. The summed E-state index contributed by atoms with van der Waals surface area (Å²) in [6.07, 6.45) is 8.29. The molecule has 0 aromatic heterocycles. The number of hydrogen-bond donors (Lipinski definition) is 1. The molecule has 0 radical (unpaired) electrons. The van der Waals surface area contributed by atoms with Gasteiger partial charge in [-0.3, -0.25) is 0 Å². The average molecular weight is 335 g/mol. The number of aliphatic hydroxyl groups excluding tert-OH is 1. The summed E-state index contributed by atoms with van der Waals surface area (Å²) in [6, 6.07) is 6.38. The van der Waals surface area contributed by atoms with E-state index in [1.807, 2.05) is 13.0 Å². The third-order valence-corrected chi connectivity index (χ3v) is 3.46. The molecule has 1 atom stereocenters. The second kappa shape index (κ2) is 13.1. The Bertz CT molecular complexity index is 456. The van der Waals surface area contributed by atoms with Crippen LogP contribution in [0.15, 0.2) is 24.3 Å². The summed E-state index contributed by atoms with van der Waals surface area (Å²) in [5.74, 6) is 2.29. The molecule has 0 heterocycles. The van der Waals surface area contributed by atoms with Crippen LogP contribution in [0.2, 0.25) is 0 Å². The van der Waals surface area contributed by atoms with Crippen LogP contribution in [0.5, 0.6) is 5.75 Å². The van der Waals surface area contributed by atoms with Crippen molar-refractivity contribution in [3.8, 4) is 5.75 Å². The molecule has 0 aliphatic rings. The maximum absolute atomic E-state index is 9.20. The zero-order valence-corrected chi connectivity index (χ0v) is 16.8. The summed E-state index contributed by atoms with van der Waals surface area (Å²) < 4.78 is 5.41. The normalized spacial score (nSPS) is 12.4. The van der Waals surface area contributed by atoms with E-state index < -0.39 is 0 Å². The van der Waals surface area contributed by atoms with Crippen LogP contribution >= 0.6 is 0 Å². The minimum absolute atomic E-state index is 0.179. The predicted octanol–water partition coefficient (Wildman–Crippen LogP) is 6.44. The van der Waals surface area contributed by atoms with Gasteiger partial charge in [0.25, 0.3) is 0 Å². The monoisotopic (exact) mass is 334 g/mol. The molecule has 138 valence electrons. The highest BCUT2D eigenvalue weighted by Crippen LogP contribution is 2.25. The molecule has 0 unspecified atom stereocenters. The number of allylic oxidation sites excluding steroid dienone is 1. The van der Waals surface area contributed by atoms with E-state index in [0.29, 0.717) is 5.92 Å². The molecule has 0 spiro atoms. The maximum Gasteiger partial charge on any atom is 0.126 e. The molecule has 24 heavy (non-hydrogen) atoms. The van der Waals surface area contributed by atoms with Gasteiger partial charge in [0.15, 0.2) is 0 Å². The molecule has 2 nitrogen and oxygen atoms in total. The smallest absolute Gasteiger partial charge is 0.126 e. The minimum Gasteiger partial charge on any atom is -0.496 e. The van der Waals surface area contributed by atoms with Crippen molar-refractivity contribution in [3.05, 3.63) is 35.4 Å². The molecule has 0 fully saturated rings. The number of hydrogen-bond acceptors (Lipinski definition) is 2. The van der Waals surface area contributed by atoms with Gasteiger partial charge in [-0.1, -0.05) is 59.3 Å². The lowest BCUT2D eigenvalue weighted by molar-refractivity contribution is 0.181. The Labute approximate surface area is 149 Å². The zero-order chi connectivity index (χ0) is 18.5. The fraction of sp³-hybridized carbons (Fsp3) is 0.636. The van der Waals surface area contributed by atoms with Crippen molar-refractivity contribution < 1.29 is 9.84 Å². The number of benzene rings is 1. The number of methoxy groups -OCH3 is 1. The van der Waals surface area contributed by atoms with Crippen LogP contribution in [0, 0.1) is 5.92 Å². The van der Waals surface area contributed by atoms with E-state index in [2.05, 4.69) is 58.9 Å². The highest BCUT2D eigenvalue weighted by Gasteiger charge is 2.04. The quantitative estimate of drug-likeness (QED) is 0.555. The summed E-state index contributed by atoms with van der Waals surface area (Å²) in [5, 5.41) is 9.20. The van der Waals surface area contributed by atoms with Crippen LogP contribution in [0.3, 0.4) is 0 Å². The molecule has 1 rings (SSSR count). The third kappa shape index (κ3) is 11.3. The Balaban J connectivity index is 0.00000118. The molecular formula is C22H38O2. The lowest BCUT2D eigenvalue weighted by atomic mass is 10.00. The van der Waals surface area contributed by atoms with Crippen LogP contribution in [-0.2, 0) is 0 Å². The van der Waals surface area contributed by atoms with E-state index in [4.69, 9.17) is 4.74 Å². The maximum atomic E-state index is 9.20. The van der Waals surface area contributed by atoms with Crippen molar-refractivity contribution >= 4 is 6.08 Å². The topological polar surface area (TPSA) is 29.5 Å². The first-order chi connectivity index (χ1) is 11.3. The summed E-state index contributed by atoms with van der Waals surface area (Å²) in [5.41, 5.74) is 2.48. The van der Waals surface area contributed by atoms with E-state index in [1.54, 1.807) is 7.11 Å². The zero-order valence-electron chi connectivity index (χ0n) is 16.8. The summed E-state index contributed by atoms with van der Waals surface area (Å²) in [4.78, 5) is 0. The van der Waals surface area contributed by atoms with Crippen LogP contribution in [0.25, 0.3) is 6.08 Å². The fourth-order valence-electron chi connectivity index (χ4n) is 2.15. The van der Waals surface area contributed by atoms with Crippen molar-refractivity contribution in [3.63, 3.8) is 0 Å². The summed E-state index contributed by atoms with van der Waals surface area (Å²) >= 11 is 0. The number of rotatable bonds is 8. The Hall–Kier alpha value is -1.28. The van der Waals surface area contributed by atoms with Crippen molar-refractivity contribution in [2.45, 2.75) is 79.2 Å². The number of aliphatic hydroxyl groups is 1. The van der Waals surface area contributed by atoms with Gasteiger partial charge in [-0.2, -0.15) is 0 Å². The SMILES string of the molecule is CC(C)C.COc1ccc(C(C)C)cc1/C=C/CCCC[C@H](C)O. The second-order valence-electron chi connectivity index (χ2n) is 7.42. The van der Waals surface area contributed by atoms with Gasteiger partial charge < -0.3 is 9.84 Å². The fourth-order valence-corrected chi connectivity index (χ4v) is 2.15. The van der Waals surface area contributed by atoms with Crippen LogP contribution in [0.4, 0.5) is 0 Å². The standard InChI is InChI=1S/C18H28O2.C4H10/c1-14(2)16-11-12-18(20-4)17(13-16)10-8-6-5-7-9-15(3)19;1-4(2)3/h8,10-15,19H,5-7,9H2,1-4H3;4H,1-3H3/b10-8+;/t15-;/m0./s1. The molecule has 0 aliphatic heterocycles. The van der Waals surface area contributed by atoms with E-state index in [0.717, 1.165) is 42.9 Å². The van der Waals surface area contributed by atoms with Crippen LogP contribution in [-0.4, -0.2) is 18.3 Å². The number of unbranched alkanes of at least 4 members (excludes halogenated alkanes) is 2. The van der Waals surface area contributed by atoms with Gasteiger partial charge in [-0.05, 0) is 55.7 Å². The average Bonchev–Trinajstić information content (AvgIpc) is 2.49. The minimum atomic E-state index is -0.179. The van der Waals surface area contributed by atoms with Crippen LogP contribution < -0.4 is 4.74 Å². The first kappa shape index (κ1) is 22.7. The van der Waals surface area contributed by atoms with Gasteiger partial charge >= 0.3 is 0 Å². The van der Waals surface area contributed by atoms with Gasteiger partial charge in [0.05, 0.1) is 13.2 Å². The lowest BCUT2D eigenvalue weighted by Crippen LogP contribution is -1.97. The molecule has 0 saturated heterocycles. The summed E-state index contributed by atoms with van der Waals surface area (Å²) in [6.45, 7) is 12.7. The van der Waals surface area contributed by atoms with E-state index in [-0.39, 0.29) is 6.10 Å². The molecule has 0 bridgehead atoms. The molecule has 1 N–H and O–H groups in total. The van der Waals surface area contributed by atoms with Crippen molar-refractivity contribution in [1.29, 1.82) is 0 Å². The molecule has 2 heteroatoms. The second-order valence-corrected chi connectivity index (χ2v) is 7.42. The third-order valence-electron chi connectivity index (χ3n) is 3.46. The Kier molecular flexibility index (Phi) is 12.4. The van der Waals surface area contributed by atoms with Gasteiger partial charge in [0.1, 0.15) is 5.75 Å². The highest BCUT2D eigenvalue weighted by molar-refractivity contribution is 5.58. The van der Waals surface area contributed by atoms with Crippen molar-refractivity contribution in [2.75, 3.05) is 7.11 Å². The van der Waals surface area contributed by atoms with E-state index in [1.165, 1.54) is 5.56 Å². The van der Waals surface area contributed by atoms with Gasteiger partial charge in [0, 0.05) is 5.56 Å². The van der Waals surface area contributed by atoms with Gasteiger partial charge in [0.2, 0.25) is 0 Å². The van der Waals surface area contributed by atoms with E-state index >= 15 is 0 Å². The van der Waals surface area contributed by atoms with Crippen molar-refractivity contribution in [1.82, 2.24) is 0 Å². The highest BCUT2D eigenvalue weighted by atomic mass is 16.5. The van der Waals surface area contributed by atoms with E-state index in [9.17, 15) is 5.11 Å². The molecule has 0 saturated carbocycles.